The lowest BCUT2D eigenvalue weighted by atomic mass is 9.83. The van der Waals surface area contributed by atoms with Crippen LogP contribution in [0, 0.1) is 5.92 Å². The summed E-state index contributed by atoms with van der Waals surface area (Å²) >= 11 is 0. The molecule has 0 aliphatic carbocycles. The quantitative estimate of drug-likeness (QED) is 0.477. The summed E-state index contributed by atoms with van der Waals surface area (Å²) < 4.78 is 13.5. The molecular formula is C28H24N2O6. The number of likely N-dealkylation sites (tertiary alicyclic amines) is 1. The summed E-state index contributed by atoms with van der Waals surface area (Å²) in [6.45, 7) is 1.49. The summed E-state index contributed by atoms with van der Waals surface area (Å²) in [5.74, 6) is 0.505. The molecule has 2 aliphatic heterocycles. The van der Waals surface area contributed by atoms with Crippen molar-refractivity contribution in [3.63, 3.8) is 0 Å². The summed E-state index contributed by atoms with van der Waals surface area (Å²) in [5.41, 5.74) is 1.52. The molecule has 1 saturated heterocycles. The fraction of sp³-hybridized carbons (Fsp3) is 0.250. The van der Waals surface area contributed by atoms with Crippen LogP contribution in [0.3, 0.4) is 0 Å². The summed E-state index contributed by atoms with van der Waals surface area (Å²) in [4.78, 5) is 39.7. The van der Waals surface area contributed by atoms with Gasteiger partial charge < -0.3 is 23.7 Å². The van der Waals surface area contributed by atoms with Gasteiger partial charge in [-0.3, -0.25) is 14.4 Å². The molecule has 4 heterocycles. The van der Waals surface area contributed by atoms with Gasteiger partial charge in [0.1, 0.15) is 28.2 Å². The summed E-state index contributed by atoms with van der Waals surface area (Å²) in [5, 5.41) is 10.5. The van der Waals surface area contributed by atoms with Crippen LogP contribution in [0.5, 0.6) is 11.5 Å². The largest absolute Gasteiger partial charge is 0.507 e. The van der Waals surface area contributed by atoms with Crippen LogP contribution < -0.4 is 15.7 Å². The molecule has 0 unspecified atom stereocenters. The average molecular weight is 485 g/mol. The Morgan fingerprint density at radius 3 is 2.67 bits per heavy atom. The van der Waals surface area contributed by atoms with Gasteiger partial charge in [-0.15, -0.1) is 0 Å². The molecule has 0 saturated carbocycles. The highest BCUT2D eigenvalue weighted by Crippen LogP contribution is 2.35. The average Bonchev–Trinajstić information content (AvgIpc) is 2.88. The Hall–Kier alpha value is -4.33. The molecule has 8 heteroatoms. The number of aromatic hydroxyl groups is 1. The number of aromatic nitrogens is 1. The first-order valence-corrected chi connectivity index (χ1v) is 11.9. The molecule has 0 radical (unpaired) electrons. The van der Waals surface area contributed by atoms with Crippen molar-refractivity contribution in [3.05, 3.63) is 93.0 Å². The van der Waals surface area contributed by atoms with E-state index in [9.17, 15) is 19.5 Å². The van der Waals surface area contributed by atoms with Gasteiger partial charge in [0.05, 0.1) is 0 Å². The fourth-order valence-electron chi connectivity index (χ4n) is 5.41. The standard InChI is InChI=1S/C28H24N2O6/c31-22-10-20(11-25-28(22)23(32)12-24(36-25)18-5-2-1-3-6-18)35-16-27(34)29-13-17-9-19(15-29)21-7-4-8-26(33)30(21)14-17/h1-8,10-12,17,19,31H,9,13-16H2/t17-,19-/m0/s1. The zero-order valence-corrected chi connectivity index (χ0v) is 19.4. The van der Waals surface area contributed by atoms with E-state index < -0.39 is 0 Å². The van der Waals surface area contributed by atoms with Crippen molar-refractivity contribution in [1.29, 1.82) is 0 Å². The van der Waals surface area contributed by atoms with Crippen LogP contribution >= 0.6 is 0 Å². The normalized spacial score (nSPS) is 18.6. The van der Waals surface area contributed by atoms with E-state index in [1.165, 1.54) is 18.2 Å². The second kappa shape index (κ2) is 8.71. The van der Waals surface area contributed by atoms with Crippen LogP contribution in [-0.4, -0.2) is 40.2 Å². The minimum absolute atomic E-state index is 0.00324. The zero-order valence-electron chi connectivity index (χ0n) is 19.4. The van der Waals surface area contributed by atoms with Crippen LogP contribution in [0.4, 0.5) is 0 Å². The van der Waals surface area contributed by atoms with Gasteiger partial charge in [0, 0.05) is 61.1 Å². The number of hydrogen-bond acceptors (Lipinski definition) is 6. The SMILES string of the molecule is O=C(COc1cc(O)c2c(=O)cc(-c3ccccc3)oc2c1)N1C[C@@H]2C[C@@H](C1)c1cccc(=O)n1C2. The third-order valence-corrected chi connectivity index (χ3v) is 7.04. The van der Waals surface area contributed by atoms with Gasteiger partial charge in [-0.05, 0) is 18.4 Å². The Bertz CT molecular complexity index is 1590. The number of phenols is 1. The predicted molar refractivity (Wildman–Crippen MR) is 133 cm³/mol. The maximum absolute atomic E-state index is 13.0. The Labute approximate surface area is 206 Å². The first-order valence-electron chi connectivity index (χ1n) is 11.9. The van der Waals surface area contributed by atoms with E-state index in [-0.39, 0.29) is 57.8 Å². The van der Waals surface area contributed by atoms with Crippen LogP contribution in [0.1, 0.15) is 18.0 Å². The van der Waals surface area contributed by atoms with Crippen molar-refractivity contribution in [2.45, 2.75) is 18.9 Å². The van der Waals surface area contributed by atoms with Crippen molar-refractivity contribution in [1.82, 2.24) is 9.47 Å². The number of rotatable bonds is 4. The molecule has 2 aromatic heterocycles. The van der Waals surface area contributed by atoms with Crippen molar-refractivity contribution in [2.75, 3.05) is 19.7 Å². The molecular weight excluding hydrogens is 460 g/mol. The molecule has 2 aliphatic rings. The minimum atomic E-state index is -0.366. The first kappa shape index (κ1) is 22.2. The topological polar surface area (TPSA) is 102 Å². The number of pyridine rings is 1. The molecule has 4 aromatic rings. The van der Waals surface area contributed by atoms with Crippen LogP contribution in [0.2, 0.25) is 0 Å². The van der Waals surface area contributed by atoms with Gasteiger partial charge in [-0.1, -0.05) is 36.4 Å². The van der Waals surface area contributed by atoms with Crippen LogP contribution in [0.25, 0.3) is 22.3 Å². The van der Waals surface area contributed by atoms with E-state index in [1.54, 1.807) is 17.0 Å². The lowest BCUT2D eigenvalue weighted by Crippen LogP contribution is -2.50. The number of carbonyl (C=O) groups excluding carboxylic acids is 1. The summed E-state index contributed by atoms with van der Waals surface area (Å²) in [6, 6.07) is 18.7. The predicted octanol–water partition coefficient (Wildman–Crippen LogP) is 3.35. The number of phenolic OH excluding ortho intramolecular Hbond substituents is 1. The lowest BCUT2D eigenvalue weighted by molar-refractivity contribution is -0.136. The smallest absolute Gasteiger partial charge is 0.260 e. The van der Waals surface area contributed by atoms with Crippen molar-refractivity contribution < 1.29 is 19.1 Å². The van der Waals surface area contributed by atoms with E-state index in [2.05, 4.69) is 0 Å². The van der Waals surface area contributed by atoms with E-state index in [0.29, 0.717) is 25.4 Å². The Balaban J connectivity index is 1.21. The van der Waals surface area contributed by atoms with E-state index in [1.807, 2.05) is 41.0 Å². The third kappa shape index (κ3) is 3.94. The number of nitrogens with zero attached hydrogens (tertiary/aromatic N) is 2. The number of ether oxygens (including phenoxy) is 1. The number of benzene rings is 2. The molecule has 36 heavy (non-hydrogen) atoms. The van der Waals surface area contributed by atoms with Gasteiger partial charge in [0.25, 0.3) is 11.5 Å². The Morgan fingerprint density at radius 2 is 1.83 bits per heavy atom. The van der Waals surface area contributed by atoms with E-state index in [0.717, 1.165) is 17.7 Å². The maximum Gasteiger partial charge on any atom is 0.260 e. The second-order valence-electron chi connectivity index (χ2n) is 9.44. The molecule has 2 bridgehead atoms. The van der Waals surface area contributed by atoms with E-state index >= 15 is 0 Å². The second-order valence-corrected chi connectivity index (χ2v) is 9.44. The first-order chi connectivity index (χ1) is 17.5. The molecule has 8 nitrogen and oxygen atoms in total. The highest BCUT2D eigenvalue weighted by molar-refractivity contribution is 5.86. The third-order valence-electron chi connectivity index (χ3n) is 7.04. The van der Waals surface area contributed by atoms with Gasteiger partial charge in [-0.2, -0.15) is 0 Å². The van der Waals surface area contributed by atoms with Crippen LogP contribution in [-0.2, 0) is 11.3 Å². The van der Waals surface area contributed by atoms with Crippen LogP contribution in [0.15, 0.2) is 80.7 Å². The molecule has 1 amide bonds. The Morgan fingerprint density at radius 1 is 1.00 bits per heavy atom. The maximum atomic E-state index is 13.0. The number of fused-ring (bicyclic) bond motifs is 5. The lowest BCUT2D eigenvalue weighted by Gasteiger charge is -2.42. The zero-order chi connectivity index (χ0) is 24.8. The van der Waals surface area contributed by atoms with Gasteiger partial charge in [0.2, 0.25) is 0 Å². The number of carbonyl (C=O) groups is 1. The monoisotopic (exact) mass is 484 g/mol. The number of amides is 1. The van der Waals surface area contributed by atoms with Gasteiger partial charge in [-0.25, -0.2) is 0 Å². The molecule has 1 fully saturated rings. The summed E-state index contributed by atoms with van der Waals surface area (Å²) in [7, 11) is 0. The fourth-order valence-corrected chi connectivity index (χ4v) is 5.41. The summed E-state index contributed by atoms with van der Waals surface area (Å²) in [6.07, 6.45) is 0.954. The number of hydrogen-bond donors (Lipinski definition) is 1. The highest BCUT2D eigenvalue weighted by Gasteiger charge is 2.36. The molecule has 1 N–H and O–H groups in total. The van der Waals surface area contributed by atoms with Gasteiger partial charge >= 0.3 is 0 Å². The molecule has 2 atom stereocenters. The minimum Gasteiger partial charge on any atom is -0.507 e. The molecule has 182 valence electrons. The molecule has 0 spiro atoms. The van der Waals surface area contributed by atoms with Gasteiger partial charge in [0.15, 0.2) is 12.0 Å². The molecule has 6 rings (SSSR count). The van der Waals surface area contributed by atoms with E-state index in [4.69, 9.17) is 9.15 Å². The van der Waals surface area contributed by atoms with Crippen molar-refractivity contribution >= 4 is 16.9 Å². The van der Waals surface area contributed by atoms with Crippen molar-refractivity contribution in [3.8, 4) is 22.8 Å². The molecule has 2 aromatic carbocycles. The van der Waals surface area contributed by atoms with Crippen molar-refractivity contribution in [2.24, 2.45) is 5.92 Å². The number of piperidine rings is 1. The highest BCUT2D eigenvalue weighted by atomic mass is 16.5. The Kier molecular flexibility index (Phi) is 5.36.